The van der Waals surface area contributed by atoms with Crippen molar-refractivity contribution in [2.75, 3.05) is 84.2 Å². The van der Waals surface area contributed by atoms with E-state index in [2.05, 4.69) is 121 Å². The van der Waals surface area contributed by atoms with Crippen LogP contribution < -0.4 is 70.0 Å². The summed E-state index contributed by atoms with van der Waals surface area (Å²) in [5.41, 5.74) is 16.7. The number of hydrogen-bond acceptors (Lipinski definition) is 25. The lowest BCUT2D eigenvalue weighted by molar-refractivity contribution is 0.268. The molecule has 14 aliphatic rings. The zero-order valence-corrected chi connectivity index (χ0v) is 81.0. The SMILES string of the molecule is C=C1N[C@H](C)CCc2ccc(F)cc2C23CC2CCN3c2ccn3ncc1c3n2.C=C1N[C@H](C)COc2ccc(F)cc2C2(CC2)N(C)c2ccn3ncc1c3n2.C=C1N[C@H](C)COc2ccc(F)cc2C23CC2CCN3c2ccc3ncc1n3n2.C=C1N[C@H](C)COc2ccc(F)cc2[C@@]23C[C@@H]2CCN3c2ccn3ncc1c3n2.C=C1N[C@H](C)COc2ncc(F)cc2C23CC2CCN3c2ccc3ncc1n3n2. The van der Waals surface area contributed by atoms with Gasteiger partial charge < -0.3 is 70.0 Å². The molecule has 144 heavy (non-hydrogen) atoms. The second-order valence-electron chi connectivity index (χ2n) is 41.3. The minimum Gasteiger partial charge on any atom is -0.491 e. The third-order valence-electron chi connectivity index (χ3n) is 32.2. The number of nitrogens with one attached hydrogen (secondary N) is 5. The Bertz CT molecular complexity index is 7080. The number of fused-ring (bicyclic) bond motifs is 15. The number of imidazole rings is 2. The van der Waals surface area contributed by atoms with Crippen LogP contribution in [0.4, 0.5) is 51.0 Å². The predicted octanol–water partition coefficient (Wildman–Crippen LogP) is 16.6. The highest BCUT2D eigenvalue weighted by molar-refractivity contribution is 5.78. The first-order valence-corrected chi connectivity index (χ1v) is 49.9. The van der Waals surface area contributed by atoms with Gasteiger partial charge in [0.15, 0.2) is 28.2 Å². The van der Waals surface area contributed by atoms with Crippen molar-refractivity contribution in [2.45, 2.75) is 170 Å². The largest absolute Gasteiger partial charge is 0.491 e. The van der Waals surface area contributed by atoms with Crippen LogP contribution in [0.5, 0.6) is 23.1 Å². The van der Waals surface area contributed by atoms with Gasteiger partial charge in [0, 0.05) is 97.2 Å². The van der Waals surface area contributed by atoms with E-state index in [4.69, 9.17) is 44.1 Å². The first kappa shape index (κ1) is 90.0. The van der Waals surface area contributed by atoms with E-state index in [1.54, 1.807) is 92.9 Å². The van der Waals surface area contributed by atoms with Gasteiger partial charge in [0.25, 0.3) is 0 Å². The van der Waals surface area contributed by atoms with Gasteiger partial charge in [-0.2, -0.15) is 15.3 Å². The minimum absolute atomic E-state index is 0.0113. The number of ether oxygens (including phenoxy) is 4. The third kappa shape index (κ3) is 15.0. The molecular weight excluding hydrogens is 1830 g/mol. The van der Waals surface area contributed by atoms with E-state index in [9.17, 15) is 22.0 Å². The summed E-state index contributed by atoms with van der Waals surface area (Å²) in [6.45, 7) is 36.5. The number of rotatable bonds is 0. The summed E-state index contributed by atoms with van der Waals surface area (Å²) in [4.78, 5) is 39.5. The quantitative estimate of drug-likeness (QED) is 0.0882. The number of nitrogens with zero attached hydrogens (tertiary/aromatic N) is 21. The van der Waals surface area contributed by atoms with Crippen molar-refractivity contribution in [3.63, 3.8) is 0 Å². The molecule has 30 nitrogen and oxygen atoms in total. The molecule has 4 saturated heterocycles. The van der Waals surface area contributed by atoms with E-state index in [1.807, 2.05) is 117 Å². The Morgan fingerprint density at radius 1 is 0.354 bits per heavy atom. The summed E-state index contributed by atoms with van der Waals surface area (Å²) in [7, 11) is 2.01. The van der Waals surface area contributed by atoms with Crippen LogP contribution in [0.3, 0.4) is 0 Å². The van der Waals surface area contributed by atoms with Gasteiger partial charge in [0.1, 0.15) is 113 Å². The summed E-state index contributed by atoms with van der Waals surface area (Å²) >= 11 is 0. The first-order chi connectivity index (χ1) is 69.7. The highest BCUT2D eigenvalue weighted by atomic mass is 19.1. The van der Waals surface area contributed by atoms with Crippen LogP contribution in [0.2, 0.25) is 0 Å². The minimum atomic E-state index is -0.344. The van der Waals surface area contributed by atoms with Crippen LogP contribution in [-0.4, -0.2) is 168 Å². The zero-order chi connectivity index (χ0) is 98.5. The Hall–Kier alpha value is -15.3. The number of aromatic nitrogens is 16. The van der Waals surface area contributed by atoms with Gasteiger partial charge in [-0.25, -0.2) is 74.4 Å². The molecule has 4 aromatic carbocycles. The molecule has 0 amide bonds. The number of anilines is 5. The highest BCUT2D eigenvalue weighted by Gasteiger charge is 2.68. The standard InChI is InChI=1S/C23H24FN5.2C22H22FN5O.C21H21FN6O.C21H22FN5O/c1-14-3-4-16-5-6-18(24)11-20(16)23-12-17(23)7-9-28(23)21-8-10-29-22(27-21)19(13-25-29)15(2)26-14;1-13-12-29-19-4-3-16(23)9-18(19)22-10-15(22)5-7-27(22)20-6-8-28-21(26-20)17(11-24-28)14(2)25-13;1-13-12-29-19-4-3-16(23)9-17(19)22-10-15(22)7-8-27(22)21-6-5-20-24-11-18(14(2)25-13)28(20)26-21;1-12-11-29-20-16(7-15(22)9-24-20)21-8-14(21)5-6-27(21)19-4-3-18-23-10-17(13(2)25-12)28(18)26-19;1-13-12-28-18-5-4-15(22)10-17(18)21(7-8-21)26(3)19-6-9-27-20(25-19)16(11-23-27)14(2)24-13/h5-6,8,10-11,13-14,17,26H,2-4,7,9,12H2,1H3;3-4,6,8-9,11,13,15,25H,2,5,7,10,12H2,1H3;3-6,9,11,13,15,25H,2,7-8,10,12H2,1H3;3-4,7,9-10,12,14,25H,2,5-6,8,11H2,1H3;4-6,9-11,13,24H,2,7-8,12H2,1,3H3/t14-,17?,23?;13-,15+,22-;13-,15?,22?;12-,14?,21?;13-/m11111/s1. The summed E-state index contributed by atoms with van der Waals surface area (Å²) in [5.74, 6) is 7.84. The molecule has 5 spiro atoms. The molecule has 20 heterocycles. The number of aryl methyl sites for hydroxylation is 1. The number of benzene rings is 4. The molecule has 15 aromatic rings. The molecule has 29 rings (SSSR count). The first-order valence-electron chi connectivity index (χ1n) is 49.9. The van der Waals surface area contributed by atoms with Crippen LogP contribution in [0.25, 0.3) is 56.7 Å². The van der Waals surface area contributed by atoms with Crippen molar-refractivity contribution in [2.24, 2.45) is 23.7 Å². The molecule has 5 N–H and O–H groups in total. The number of pyridine rings is 1. The van der Waals surface area contributed by atoms with Crippen LogP contribution in [0, 0.1) is 52.8 Å². The normalized spacial score (nSPS) is 26.5. The predicted molar refractivity (Wildman–Crippen MR) is 539 cm³/mol. The lowest BCUT2D eigenvalue weighted by Crippen LogP contribution is -2.35. The summed E-state index contributed by atoms with van der Waals surface area (Å²) < 4.78 is 105. The topological polar surface area (TPSA) is 277 Å². The van der Waals surface area contributed by atoms with Crippen molar-refractivity contribution in [3.8, 4) is 23.1 Å². The molecule has 736 valence electrons. The Kier molecular flexibility index (Phi) is 21.2. The Labute approximate surface area is 827 Å². The molecule has 0 radical (unpaired) electrons. The van der Waals surface area contributed by atoms with Crippen molar-refractivity contribution < 1.29 is 40.9 Å². The maximum atomic E-state index is 14.3. The van der Waals surface area contributed by atoms with Crippen molar-refractivity contribution in [1.82, 2.24) is 105 Å². The molecule has 10 bridgehead atoms. The van der Waals surface area contributed by atoms with Gasteiger partial charge in [-0.15, -0.1) is 10.2 Å². The summed E-state index contributed by atoms with van der Waals surface area (Å²) in [6, 6.07) is 35.6. The van der Waals surface area contributed by atoms with Crippen molar-refractivity contribution in [3.05, 3.63) is 301 Å². The van der Waals surface area contributed by atoms with Crippen LogP contribution in [0.1, 0.15) is 167 Å². The fourth-order valence-corrected chi connectivity index (χ4v) is 24.6. The monoisotopic (exact) mass is 1940 g/mol. The fourth-order valence-electron chi connectivity index (χ4n) is 24.6. The van der Waals surface area contributed by atoms with Gasteiger partial charge in [-0.1, -0.05) is 39.0 Å². The number of hydrogen-bond donors (Lipinski definition) is 5. The molecule has 35 heteroatoms. The number of piperidine rings is 4. The average Bonchev–Trinajstić information content (AvgIpc) is 1.53. The number of halogens is 5. The van der Waals surface area contributed by atoms with E-state index in [-0.39, 0.29) is 87.0 Å². The molecular formula is C109H111F5N26O4. The van der Waals surface area contributed by atoms with Gasteiger partial charge >= 0.3 is 0 Å². The lowest BCUT2D eigenvalue weighted by Gasteiger charge is -2.31. The Morgan fingerprint density at radius 3 is 1.17 bits per heavy atom. The lowest BCUT2D eigenvalue weighted by atomic mass is 9.92. The van der Waals surface area contributed by atoms with Crippen molar-refractivity contribution >= 4 is 85.8 Å². The smallest absolute Gasteiger partial charge is 0.219 e. The third-order valence-corrected chi connectivity index (χ3v) is 32.2. The van der Waals surface area contributed by atoms with Crippen LogP contribution >= 0.6 is 0 Å². The van der Waals surface area contributed by atoms with Gasteiger partial charge in [-0.3, -0.25) is 0 Å². The average molecular weight is 1940 g/mol. The Balaban J connectivity index is 0.0000000942. The Morgan fingerprint density at radius 2 is 0.722 bits per heavy atom. The van der Waals surface area contributed by atoms with E-state index < -0.39 is 0 Å². The van der Waals surface area contributed by atoms with E-state index in [0.717, 1.165) is 256 Å². The van der Waals surface area contributed by atoms with E-state index in [1.165, 1.54) is 30.0 Å². The molecule has 9 aliphatic heterocycles. The van der Waals surface area contributed by atoms with E-state index >= 15 is 0 Å². The van der Waals surface area contributed by atoms with E-state index in [0.29, 0.717) is 61.7 Å². The van der Waals surface area contributed by atoms with Gasteiger partial charge in [0.05, 0.1) is 117 Å². The second-order valence-corrected chi connectivity index (χ2v) is 41.3. The fraction of sp³-hybridized carbons (Fsp3) is 0.367. The molecule has 5 saturated carbocycles. The maximum absolute atomic E-state index is 14.3. The molecule has 11 aromatic heterocycles. The van der Waals surface area contributed by atoms with Gasteiger partial charge in [-0.05, 0) is 262 Å². The molecule has 13 atom stereocenters. The highest BCUT2D eigenvalue weighted by Crippen LogP contribution is 2.69. The van der Waals surface area contributed by atoms with Crippen molar-refractivity contribution in [1.29, 1.82) is 0 Å². The maximum Gasteiger partial charge on any atom is 0.219 e. The zero-order valence-electron chi connectivity index (χ0n) is 81.0. The molecule has 9 fully saturated rings. The molecule has 5 aliphatic carbocycles. The molecule has 6 unspecified atom stereocenters. The van der Waals surface area contributed by atoms with Crippen LogP contribution in [0.15, 0.2) is 210 Å². The second kappa shape index (κ2) is 33.9. The van der Waals surface area contributed by atoms with Gasteiger partial charge in [0.2, 0.25) is 5.88 Å². The van der Waals surface area contributed by atoms with Crippen LogP contribution in [-0.2, 0) is 34.1 Å². The summed E-state index contributed by atoms with van der Waals surface area (Å²) in [5, 5.41) is 40.0. The summed E-state index contributed by atoms with van der Waals surface area (Å²) in [6.07, 6.45) is 28.0.